The Hall–Kier alpha value is -0.200. The van der Waals surface area contributed by atoms with E-state index in [0.717, 1.165) is 0 Å². The molecule has 2 aliphatic heterocycles. The first-order valence-electron chi connectivity index (χ1n) is 8.75. The van der Waals surface area contributed by atoms with E-state index >= 15 is 0 Å². The van der Waals surface area contributed by atoms with Crippen LogP contribution in [-0.4, -0.2) is 125 Å². The Bertz CT molecular complexity index is 567. The topological polar surface area (TPSA) is 199 Å². The van der Waals surface area contributed by atoms with Gasteiger partial charge in [0.1, 0.15) is 49.3 Å². The maximum atomic E-state index is 10.6. The number of aliphatic hydroxyl groups excluding tert-OH is 8. The van der Waals surface area contributed by atoms with Crippen molar-refractivity contribution in [3.8, 4) is 0 Å². The Balaban J connectivity index is 2.46. The highest BCUT2D eigenvalue weighted by molar-refractivity contribution is 8.23. The molecule has 12 nitrogen and oxygen atoms in total. The minimum atomic E-state index is -2.44. The summed E-state index contributed by atoms with van der Waals surface area (Å²) in [6, 6.07) is 0. The van der Waals surface area contributed by atoms with E-state index in [1.54, 1.807) is 6.92 Å². The standard InChI is InChI=1S/C15H26O12S2/c1-2-24-13(28)29-15(12(23)10(21)8(19)6(3-16)26-15)27-14(5-18)11(22)9(20)7(4-17)25-14/h6-12,16-23H,2-5H2,1H3/t6-,7-,8-,9-,10+,11+,12-,14?,15-/m1/s1. The third kappa shape index (κ3) is 4.69. The van der Waals surface area contributed by atoms with Crippen LogP contribution >= 0.6 is 24.0 Å². The highest BCUT2D eigenvalue weighted by Gasteiger charge is 2.64. The lowest BCUT2D eigenvalue weighted by Crippen LogP contribution is -2.68. The van der Waals surface area contributed by atoms with Gasteiger partial charge in [0.05, 0.1) is 19.8 Å². The van der Waals surface area contributed by atoms with Crippen molar-refractivity contribution >= 4 is 28.4 Å². The van der Waals surface area contributed by atoms with E-state index in [1.165, 1.54) is 0 Å². The van der Waals surface area contributed by atoms with Gasteiger partial charge >= 0.3 is 0 Å². The van der Waals surface area contributed by atoms with Gasteiger partial charge in [0.15, 0.2) is 0 Å². The predicted molar refractivity (Wildman–Crippen MR) is 99.4 cm³/mol. The second-order valence-corrected chi connectivity index (χ2v) is 8.27. The molecular formula is C15H26O12S2. The molecule has 2 saturated heterocycles. The molecule has 0 aliphatic carbocycles. The van der Waals surface area contributed by atoms with Gasteiger partial charge in [-0.15, -0.1) is 0 Å². The predicted octanol–water partition coefficient (Wildman–Crippen LogP) is -4.01. The first kappa shape index (κ1) is 25.1. The number of aliphatic hydroxyl groups is 8. The maximum absolute atomic E-state index is 10.6. The van der Waals surface area contributed by atoms with Crippen LogP contribution in [-0.2, 0) is 18.9 Å². The first-order chi connectivity index (χ1) is 13.6. The monoisotopic (exact) mass is 462 g/mol. The largest absolute Gasteiger partial charge is 0.479 e. The van der Waals surface area contributed by atoms with Gasteiger partial charge < -0.3 is 59.8 Å². The SMILES string of the molecule is CCOC(=S)S[C@@]1(OC2(CO)O[C@H](CO)[C@@H](O)[C@@H]2O)O[C@H](CO)[C@@H](O)[C@H](O)[C@H]1O. The summed E-state index contributed by atoms with van der Waals surface area (Å²) in [5.74, 6) is -2.41. The van der Waals surface area contributed by atoms with Gasteiger partial charge in [0, 0.05) is 0 Å². The molecule has 9 atom stereocenters. The van der Waals surface area contributed by atoms with E-state index in [2.05, 4.69) is 0 Å². The van der Waals surface area contributed by atoms with Gasteiger partial charge in [-0.25, -0.2) is 0 Å². The summed E-state index contributed by atoms with van der Waals surface area (Å²) in [6.07, 6.45) is -12.0. The number of hydrogen-bond acceptors (Lipinski definition) is 14. The van der Waals surface area contributed by atoms with Gasteiger partial charge in [-0.3, -0.25) is 0 Å². The Labute approximate surface area is 175 Å². The molecule has 0 amide bonds. The molecular weight excluding hydrogens is 436 g/mol. The van der Waals surface area contributed by atoms with Crippen LogP contribution in [0.15, 0.2) is 0 Å². The average molecular weight is 462 g/mol. The van der Waals surface area contributed by atoms with E-state index in [0.29, 0.717) is 11.8 Å². The lowest BCUT2D eigenvalue weighted by atomic mass is 9.98. The van der Waals surface area contributed by atoms with Crippen LogP contribution in [0.2, 0.25) is 0 Å². The minimum Gasteiger partial charge on any atom is -0.479 e. The molecule has 0 aromatic rings. The van der Waals surface area contributed by atoms with E-state index in [-0.39, 0.29) is 11.0 Å². The molecule has 0 aromatic heterocycles. The number of hydrogen-bond donors (Lipinski definition) is 8. The molecule has 0 aromatic carbocycles. The summed E-state index contributed by atoms with van der Waals surface area (Å²) in [6.45, 7) is -0.846. The van der Waals surface area contributed by atoms with E-state index in [1.807, 2.05) is 0 Å². The van der Waals surface area contributed by atoms with Crippen molar-refractivity contribution in [3.05, 3.63) is 0 Å². The van der Waals surface area contributed by atoms with Gasteiger partial charge in [-0.05, 0) is 30.9 Å². The Morgan fingerprint density at radius 3 is 2.00 bits per heavy atom. The molecule has 14 heteroatoms. The maximum Gasteiger partial charge on any atom is 0.259 e. The molecule has 0 radical (unpaired) electrons. The lowest BCUT2D eigenvalue weighted by molar-refractivity contribution is -0.398. The summed E-state index contributed by atoms with van der Waals surface area (Å²) in [4.78, 5) is 0. The van der Waals surface area contributed by atoms with Crippen LogP contribution in [0.3, 0.4) is 0 Å². The Morgan fingerprint density at radius 1 is 0.931 bits per heavy atom. The Kier molecular flexibility index (Phi) is 8.60. The summed E-state index contributed by atoms with van der Waals surface area (Å²) in [7, 11) is 0. The van der Waals surface area contributed by atoms with Gasteiger partial charge in [0.25, 0.3) is 5.12 Å². The molecule has 2 fully saturated rings. The average Bonchev–Trinajstić information content (AvgIpc) is 2.94. The Morgan fingerprint density at radius 2 is 1.52 bits per heavy atom. The zero-order chi connectivity index (χ0) is 22.0. The molecule has 170 valence electrons. The fourth-order valence-electron chi connectivity index (χ4n) is 3.06. The highest BCUT2D eigenvalue weighted by atomic mass is 32.2. The molecule has 0 saturated carbocycles. The van der Waals surface area contributed by atoms with Crippen LogP contribution in [0.1, 0.15) is 6.92 Å². The fourth-order valence-corrected chi connectivity index (χ4v) is 4.55. The van der Waals surface area contributed by atoms with E-state index in [9.17, 15) is 40.9 Å². The normalized spacial score (nSPS) is 45.3. The van der Waals surface area contributed by atoms with E-state index < -0.39 is 73.5 Å². The van der Waals surface area contributed by atoms with Crippen molar-refractivity contribution in [1.29, 1.82) is 0 Å². The van der Waals surface area contributed by atoms with E-state index in [4.69, 9.17) is 31.2 Å². The molecule has 0 bridgehead atoms. The van der Waals surface area contributed by atoms with Crippen molar-refractivity contribution < 1.29 is 59.8 Å². The molecule has 29 heavy (non-hydrogen) atoms. The van der Waals surface area contributed by atoms with Crippen LogP contribution in [0.5, 0.6) is 0 Å². The zero-order valence-electron chi connectivity index (χ0n) is 15.4. The van der Waals surface area contributed by atoms with Gasteiger partial charge in [0.2, 0.25) is 10.2 Å². The second-order valence-electron chi connectivity index (χ2n) is 6.50. The fraction of sp³-hybridized carbons (Fsp3) is 0.933. The third-order valence-electron chi connectivity index (χ3n) is 4.62. The molecule has 0 spiro atoms. The number of rotatable bonds is 7. The van der Waals surface area contributed by atoms with Gasteiger partial charge in [-0.1, -0.05) is 0 Å². The van der Waals surface area contributed by atoms with Crippen molar-refractivity contribution in [2.75, 3.05) is 26.4 Å². The quantitative estimate of drug-likeness (QED) is 0.134. The van der Waals surface area contributed by atoms with Crippen LogP contribution in [0.4, 0.5) is 0 Å². The van der Waals surface area contributed by atoms with Crippen LogP contribution in [0, 0.1) is 0 Å². The molecule has 1 unspecified atom stereocenters. The molecule has 2 rings (SSSR count). The minimum absolute atomic E-state index is 0.127. The van der Waals surface area contributed by atoms with Crippen molar-refractivity contribution in [1.82, 2.24) is 0 Å². The summed E-state index contributed by atoms with van der Waals surface area (Å²) in [5.41, 5.74) is 0. The van der Waals surface area contributed by atoms with Gasteiger partial charge in [-0.2, -0.15) is 0 Å². The van der Waals surface area contributed by atoms with Crippen LogP contribution in [0.25, 0.3) is 0 Å². The lowest BCUT2D eigenvalue weighted by Gasteiger charge is -2.50. The summed E-state index contributed by atoms with van der Waals surface area (Å²) >= 11 is 5.45. The summed E-state index contributed by atoms with van der Waals surface area (Å²) < 4.78 is 21.3. The second kappa shape index (κ2) is 9.95. The number of thioether (sulfide) groups is 1. The zero-order valence-corrected chi connectivity index (χ0v) is 17.0. The first-order valence-corrected chi connectivity index (χ1v) is 9.98. The van der Waals surface area contributed by atoms with Crippen molar-refractivity contribution in [3.63, 3.8) is 0 Å². The summed E-state index contributed by atoms with van der Waals surface area (Å²) in [5, 5.41) is 77.5. The molecule has 8 N–H and O–H groups in total. The van der Waals surface area contributed by atoms with Crippen molar-refractivity contribution in [2.24, 2.45) is 0 Å². The number of thiocarbonyl (C=S) groups is 1. The third-order valence-corrected chi connectivity index (χ3v) is 5.98. The van der Waals surface area contributed by atoms with Crippen molar-refractivity contribution in [2.45, 2.75) is 60.6 Å². The van der Waals surface area contributed by atoms with Crippen LogP contribution < -0.4 is 0 Å². The smallest absolute Gasteiger partial charge is 0.259 e. The molecule has 2 heterocycles. The molecule has 2 aliphatic rings. The number of ether oxygens (including phenoxy) is 4. The highest BCUT2D eigenvalue weighted by Crippen LogP contribution is 2.46.